The molecule has 4 nitrogen and oxygen atoms in total. The highest BCUT2D eigenvalue weighted by Gasteiger charge is 2.41. The first-order chi connectivity index (χ1) is 12.6. The summed E-state index contributed by atoms with van der Waals surface area (Å²) < 4.78 is 0.241. The normalized spacial score (nSPS) is 17.2. The van der Waals surface area contributed by atoms with Crippen molar-refractivity contribution in [2.45, 2.75) is 6.04 Å². The molecule has 3 rings (SSSR count). The second-order valence-electron chi connectivity index (χ2n) is 5.50. The first kappa shape index (κ1) is 18.1. The van der Waals surface area contributed by atoms with Crippen molar-refractivity contribution in [2.75, 3.05) is 0 Å². The molecule has 1 heterocycles. The number of carbonyl (C=O) groups is 2. The van der Waals surface area contributed by atoms with Crippen LogP contribution in [0, 0.1) is 0 Å². The molecule has 1 unspecified atom stereocenters. The molecule has 2 aromatic rings. The van der Waals surface area contributed by atoms with E-state index in [1.165, 1.54) is 4.90 Å². The van der Waals surface area contributed by atoms with Crippen molar-refractivity contribution in [3.8, 4) is 0 Å². The van der Waals surface area contributed by atoms with E-state index in [0.717, 1.165) is 17.3 Å². The Morgan fingerprint density at radius 1 is 1.08 bits per heavy atom. The Hall–Kier alpha value is -2.70. The molecule has 0 spiro atoms. The highest BCUT2D eigenvalue weighted by molar-refractivity contribution is 8.26. The fourth-order valence-electron chi connectivity index (χ4n) is 2.56. The topological polar surface area (TPSA) is 57.6 Å². The fourth-order valence-corrected chi connectivity index (χ4v) is 3.83. The molecular formula is C20H15NO3S2. The van der Waals surface area contributed by atoms with Crippen LogP contribution < -0.4 is 0 Å². The highest BCUT2D eigenvalue weighted by Crippen LogP contribution is 2.37. The number of carbonyl (C=O) groups excluding carboxylic acids is 1. The number of hydrogen-bond donors (Lipinski definition) is 1. The van der Waals surface area contributed by atoms with E-state index in [9.17, 15) is 14.7 Å². The summed E-state index contributed by atoms with van der Waals surface area (Å²) in [6.07, 6.45) is 5.30. The molecule has 0 aliphatic carbocycles. The number of carboxylic acid groups (broad SMARTS) is 1. The Kier molecular flexibility index (Phi) is 5.65. The summed E-state index contributed by atoms with van der Waals surface area (Å²) in [6, 6.07) is 17.2. The maximum Gasteiger partial charge on any atom is 0.331 e. The third-order valence-electron chi connectivity index (χ3n) is 3.77. The van der Waals surface area contributed by atoms with E-state index < -0.39 is 17.9 Å². The third-order valence-corrected chi connectivity index (χ3v) is 5.12. The molecule has 1 fully saturated rings. The third kappa shape index (κ3) is 3.92. The van der Waals surface area contributed by atoms with E-state index in [4.69, 9.17) is 12.2 Å². The number of carboxylic acids is 1. The molecule has 0 radical (unpaired) electrons. The van der Waals surface area contributed by atoms with Crippen molar-refractivity contribution >= 4 is 46.3 Å². The fraction of sp³-hybridized carbons (Fsp3) is 0.0500. The van der Waals surface area contributed by atoms with Crippen LogP contribution in [0.15, 0.2) is 77.7 Å². The number of allylic oxidation sites excluding steroid dienone is 2. The Morgan fingerprint density at radius 3 is 2.31 bits per heavy atom. The van der Waals surface area contributed by atoms with Crippen LogP contribution in [-0.4, -0.2) is 26.2 Å². The van der Waals surface area contributed by atoms with Crippen molar-refractivity contribution in [3.05, 3.63) is 88.8 Å². The van der Waals surface area contributed by atoms with Gasteiger partial charge in [-0.15, -0.1) is 0 Å². The summed E-state index contributed by atoms with van der Waals surface area (Å²) in [6.45, 7) is 0. The van der Waals surface area contributed by atoms with Gasteiger partial charge in [0.05, 0.1) is 4.91 Å². The molecule has 0 aromatic heterocycles. The number of thiocarbonyl (C=S) groups is 1. The second-order valence-corrected chi connectivity index (χ2v) is 7.17. The molecule has 1 N–H and O–H groups in total. The predicted molar refractivity (Wildman–Crippen MR) is 107 cm³/mol. The zero-order chi connectivity index (χ0) is 18.5. The van der Waals surface area contributed by atoms with Gasteiger partial charge < -0.3 is 5.11 Å². The zero-order valence-electron chi connectivity index (χ0n) is 13.6. The lowest BCUT2D eigenvalue weighted by Crippen LogP contribution is -2.37. The van der Waals surface area contributed by atoms with Crippen LogP contribution in [0.3, 0.4) is 0 Å². The van der Waals surface area contributed by atoms with Gasteiger partial charge in [-0.05, 0) is 17.2 Å². The van der Waals surface area contributed by atoms with Gasteiger partial charge in [-0.3, -0.25) is 9.69 Å². The van der Waals surface area contributed by atoms with E-state index in [1.54, 1.807) is 42.5 Å². The van der Waals surface area contributed by atoms with Gasteiger partial charge in [0.15, 0.2) is 6.04 Å². The quantitative estimate of drug-likeness (QED) is 0.619. The van der Waals surface area contributed by atoms with E-state index in [2.05, 4.69) is 0 Å². The van der Waals surface area contributed by atoms with Crippen LogP contribution in [0.1, 0.15) is 17.2 Å². The van der Waals surface area contributed by atoms with E-state index in [0.29, 0.717) is 10.5 Å². The largest absolute Gasteiger partial charge is 0.479 e. The Bertz CT molecular complexity index is 892. The number of hydrogen-bond acceptors (Lipinski definition) is 4. The van der Waals surface area contributed by atoms with Crippen LogP contribution in [0.2, 0.25) is 0 Å². The van der Waals surface area contributed by atoms with Gasteiger partial charge in [0, 0.05) is 0 Å². The monoisotopic (exact) mass is 381 g/mol. The summed E-state index contributed by atoms with van der Waals surface area (Å²) in [4.78, 5) is 26.1. The minimum absolute atomic E-state index is 0.241. The van der Waals surface area contributed by atoms with Crippen LogP contribution >= 0.6 is 24.0 Å². The lowest BCUT2D eigenvalue weighted by atomic mass is 10.1. The smallest absolute Gasteiger partial charge is 0.331 e. The SMILES string of the molecule is O=C(O)C(c1ccccc1)N1C(=O)C(=CC=Cc2ccccc2)SC1=S. The molecular weight excluding hydrogens is 366 g/mol. The summed E-state index contributed by atoms with van der Waals surface area (Å²) in [5.41, 5.74) is 1.52. The molecule has 6 heteroatoms. The van der Waals surface area contributed by atoms with Crippen molar-refractivity contribution in [1.82, 2.24) is 4.90 Å². The Labute approximate surface area is 160 Å². The summed E-state index contributed by atoms with van der Waals surface area (Å²) >= 11 is 6.39. The molecule has 1 atom stereocenters. The number of nitrogens with zero attached hydrogens (tertiary/aromatic N) is 1. The summed E-state index contributed by atoms with van der Waals surface area (Å²) in [5, 5.41) is 9.64. The molecule has 1 amide bonds. The van der Waals surface area contributed by atoms with Gasteiger partial charge in [-0.1, -0.05) is 96.8 Å². The van der Waals surface area contributed by atoms with Gasteiger partial charge in [-0.25, -0.2) is 4.79 Å². The van der Waals surface area contributed by atoms with Crippen LogP contribution in [0.25, 0.3) is 6.08 Å². The van der Waals surface area contributed by atoms with Gasteiger partial charge in [-0.2, -0.15) is 0 Å². The molecule has 26 heavy (non-hydrogen) atoms. The average molecular weight is 381 g/mol. The number of rotatable bonds is 5. The lowest BCUT2D eigenvalue weighted by Gasteiger charge is -2.23. The van der Waals surface area contributed by atoms with E-state index in [1.807, 2.05) is 36.4 Å². The van der Waals surface area contributed by atoms with Gasteiger partial charge in [0.25, 0.3) is 5.91 Å². The standard InChI is InChI=1S/C20H15NO3S2/c22-18-16(13-7-10-14-8-3-1-4-9-14)26-20(25)21(18)17(19(23)24)15-11-5-2-6-12-15/h1-13,17H,(H,23,24). The maximum atomic E-state index is 12.7. The zero-order valence-corrected chi connectivity index (χ0v) is 15.2. The number of thioether (sulfide) groups is 1. The molecule has 1 saturated heterocycles. The van der Waals surface area contributed by atoms with Crippen molar-refractivity contribution in [2.24, 2.45) is 0 Å². The van der Waals surface area contributed by atoms with Crippen LogP contribution in [0.4, 0.5) is 0 Å². The van der Waals surface area contributed by atoms with Crippen molar-refractivity contribution in [3.63, 3.8) is 0 Å². The van der Waals surface area contributed by atoms with Gasteiger partial charge in [0.2, 0.25) is 0 Å². The van der Waals surface area contributed by atoms with Crippen LogP contribution in [-0.2, 0) is 9.59 Å². The number of aliphatic carboxylic acids is 1. The minimum atomic E-state index is -1.13. The molecule has 0 saturated carbocycles. The predicted octanol–water partition coefficient (Wildman–Crippen LogP) is 4.27. The summed E-state index contributed by atoms with van der Waals surface area (Å²) in [5.74, 6) is -1.51. The molecule has 0 bridgehead atoms. The first-order valence-corrected chi connectivity index (χ1v) is 9.07. The van der Waals surface area contributed by atoms with E-state index in [-0.39, 0.29) is 4.32 Å². The first-order valence-electron chi connectivity index (χ1n) is 7.84. The molecule has 1 aliphatic rings. The second kappa shape index (κ2) is 8.12. The Balaban J connectivity index is 1.85. The average Bonchev–Trinajstić information content (AvgIpc) is 2.91. The maximum absolute atomic E-state index is 12.7. The molecule has 1 aliphatic heterocycles. The number of amides is 1. The molecule has 2 aromatic carbocycles. The Morgan fingerprint density at radius 2 is 1.69 bits per heavy atom. The van der Waals surface area contributed by atoms with Gasteiger partial charge in [0.1, 0.15) is 4.32 Å². The summed E-state index contributed by atoms with van der Waals surface area (Å²) in [7, 11) is 0. The number of benzene rings is 2. The minimum Gasteiger partial charge on any atom is -0.479 e. The van der Waals surface area contributed by atoms with Gasteiger partial charge >= 0.3 is 5.97 Å². The van der Waals surface area contributed by atoms with E-state index >= 15 is 0 Å². The highest BCUT2D eigenvalue weighted by atomic mass is 32.2. The molecule has 130 valence electrons. The van der Waals surface area contributed by atoms with Crippen molar-refractivity contribution < 1.29 is 14.7 Å². The lowest BCUT2D eigenvalue weighted by molar-refractivity contribution is -0.145. The van der Waals surface area contributed by atoms with Crippen molar-refractivity contribution in [1.29, 1.82) is 0 Å². The van der Waals surface area contributed by atoms with Crippen LogP contribution in [0.5, 0.6) is 0 Å².